The number of anilines is 1. The summed E-state index contributed by atoms with van der Waals surface area (Å²) in [5.41, 5.74) is 2.22. The first-order valence-electron chi connectivity index (χ1n) is 7.57. The number of hydrogen-bond acceptors (Lipinski definition) is 7. The summed E-state index contributed by atoms with van der Waals surface area (Å²) in [5, 5.41) is 22.7. The van der Waals surface area contributed by atoms with Crippen molar-refractivity contribution in [1.29, 1.82) is 0 Å². The second-order valence-corrected chi connectivity index (χ2v) is 5.16. The molecule has 128 valence electrons. The lowest BCUT2D eigenvalue weighted by molar-refractivity contribution is 0.102. The highest BCUT2D eigenvalue weighted by molar-refractivity contribution is 6.03. The quantitative estimate of drug-likeness (QED) is 0.502. The number of hydrogen-bond donors (Lipinski definition) is 3. The van der Waals surface area contributed by atoms with E-state index in [2.05, 4.69) is 41.1 Å². The van der Waals surface area contributed by atoms with E-state index in [-0.39, 0.29) is 11.9 Å². The summed E-state index contributed by atoms with van der Waals surface area (Å²) in [4.78, 5) is 16.5. The standard InChI is InChI=1S/C16H12N8O2/c25-15(14-9-13(19-20-14)12-3-1-2-8-17-12)18-10-4-6-11(7-5-10)26-16-21-23-24-22-16/h1-9H,(H,18,25)(H,19,20)(H,21,22,23,24). The van der Waals surface area contributed by atoms with Gasteiger partial charge in [-0.05, 0) is 47.7 Å². The van der Waals surface area contributed by atoms with Gasteiger partial charge in [0.05, 0.1) is 5.69 Å². The largest absolute Gasteiger partial charge is 0.422 e. The van der Waals surface area contributed by atoms with E-state index in [1.807, 2.05) is 18.2 Å². The molecule has 0 saturated heterocycles. The molecule has 3 heterocycles. The number of carbonyl (C=O) groups is 1. The summed E-state index contributed by atoms with van der Waals surface area (Å²) in [6, 6.07) is 14.0. The number of nitrogens with zero attached hydrogens (tertiary/aromatic N) is 5. The van der Waals surface area contributed by atoms with E-state index in [0.29, 0.717) is 28.5 Å². The van der Waals surface area contributed by atoms with Crippen LogP contribution in [0.2, 0.25) is 0 Å². The summed E-state index contributed by atoms with van der Waals surface area (Å²) in [7, 11) is 0. The average Bonchev–Trinajstić information content (AvgIpc) is 3.36. The van der Waals surface area contributed by atoms with Gasteiger partial charge in [-0.15, -0.1) is 0 Å². The van der Waals surface area contributed by atoms with Crippen LogP contribution in [0.1, 0.15) is 10.5 Å². The fraction of sp³-hybridized carbons (Fsp3) is 0. The van der Waals surface area contributed by atoms with E-state index in [1.165, 1.54) is 0 Å². The molecule has 0 bridgehead atoms. The Bertz CT molecular complexity index is 996. The maximum absolute atomic E-state index is 12.3. The van der Waals surface area contributed by atoms with Crippen LogP contribution in [0.5, 0.6) is 11.8 Å². The minimum absolute atomic E-state index is 0.112. The van der Waals surface area contributed by atoms with Gasteiger partial charge in [-0.1, -0.05) is 16.3 Å². The molecule has 0 spiro atoms. The van der Waals surface area contributed by atoms with Gasteiger partial charge < -0.3 is 10.1 Å². The molecule has 10 nitrogen and oxygen atoms in total. The molecule has 0 aliphatic heterocycles. The van der Waals surface area contributed by atoms with Crippen LogP contribution >= 0.6 is 0 Å². The minimum Gasteiger partial charge on any atom is -0.422 e. The number of benzene rings is 1. The first kappa shape index (κ1) is 15.4. The molecule has 0 aliphatic rings. The van der Waals surface area contributed by atoms with Crippen molar-refractivity contribution in [3.63, 3.8) is 0 Å². The van der Waals surface area contributed by atoms with Crippen LogP contribution in [0.3, 0.4) is 0 Å². The maximum Gasteiger partial charge on any atom is 0.361 e. The third-order valence-corrected chi connectivity index (χ3v) is 3.40. The molecule has 26 heavy (non-hydrogen) atoms. The zero-order chi connectivity index (χ0) is 17.8. The average molecular weight is 348 g/mol. The summed E-state index contributed by atoms with van der Waals surface area (Å²) < 4.78 is 5.36. The van der Waals surface area contributed by atoms with Crippen molar-refractivity contribution in [1.82, 2.24) is 35.8 Å². The van der Waals surface area contributed by atoms with Crippen molar-refractivity contribution in [3.8, 4) is 23.1 Å². The number of aromatic nitrogens is 7. The zero-order valence-corrected chi connectivity index (χ0v) is 13.2. The van der Waals surface area contributed by atoms with Gasteiger partial charge in [-0.25, -0.2) is 0 Å². The molecule has 0 radical (unpaired) electrons. The number of amides is 1. The third-order valence-electron chi connectivity index (χ3n) is 3.40. The number of ether oxygens (including phenoxy) is 1. The first-order valence-corrected chi connectivity index (χ1v) is 7.57. The van der Waals surface area contributed by atoms with Crippen molar-refractivity contribution < 1.29 is 9.53 Å². The van der Waals surface area contributed by atoms with Crippen molar-refractivity contribution in [2.45, 2.75) is 0 Å². The van der Waals surface area contributed by atoms with Gasteiger partial charge in [0.25, 0.3) is 5.91 Å². The smallest absolute Gasteiger partial charge is 0.361 e. The molecule has 1 amide bonds. The van der Waals surface area contributed by atoms with Gasteiger partial charge in [0, 0.05) is 11.9 Å². The summed E-state index contributed by atoms with van der Waals surface area (Å²) in [6.07, 6.45) is 1.67. The highest BCUT2D eigenvalue weighted by Gasteiger charge is 2.12. The Balaban J connectivity index is 1.42. The first-order chi connectivity index (χ1) is 12.8. The number of pyridine rings is 1. The molecule has 4 rings (SSSR count). The zero-order valence-electron chi connectivity index (χ0n) is 13.2. The van der Waals surface area contributed by atoms with E-state index in [4.69, 9.17) is 4.74 Å². The van der Waals surface area contributed by atoms with Gasteiger partial charge in [-0.2, -0.15) is 10.3 Å². The Morgan fingerprint density at radius 2 is 1.92 bits per heavy atom. The summed E-state index contributed by atoms with van der Waals surface area (Å²) in [6.45, 7) is 0. The van der Waals surface area contributed by atoms with E-state index in [9.17, 15) is 4.79 Å². The fourth-order valence-electron chi connectivity index (χ4n) is 2.19. The topological polar surface area (TPSA) is 134 Å². The highest BCUT2D eigenvalue weighted by atomic mass is 16.5. The SMILES string of the molecule is O=C(Nc1ccc(Oc2nn[nH]n2)cc1)c1cc(-c2ccccn2)n[nH]1. The lowest BCUT2D eigenvalue weighted by atomic mass is 10.2. The van der Waals surface area contributed by atoms with E-state index < -0.39 is 0 Å². The van der Waals surface area contributed by atoms with Gasteiger partial charge in [-0.3, -0.25) is 14.9 Å². The van der Waals surface area contributed by atoms with Crippen molar-refractivity contribution in [2.75, 3.05) is 5.32 Å². The number of aromatic amines is 2. The second kappa shape index (κ2) is 6.81. The fourth-order valence-corrected chi connectivity index (χ4v) is 2.19. The molecule has 0 atom stereocenters. The van der Waals surface area contributed by atoms with Crippen LogP contribution in [0.15, 0.2) is 54.7 Å². The van der Waals surface area contributed by atoms with Crippen LogP contribution in [-0.4, -0.2) is 41.7 Å². The highest BCUT2D eigenvalue weighted by Crippen LogP contribution is 2.20. The third kappa shape index (κ3) is 3.38. The number of rotatable bonds is 5. The molecular weight excluding hydrogens is 336 g/mol. The van der Waals surface area contributed by atoms with E-state index >= 15 is 0 Å². The number of nitrogens with one attached hydrogen (secondary N) is 3. The molecule has 1 aromatic carbocycles. The lowest BCUT2D eigenvalue weighted by Gasteiger charge is -2.05. The number of tetrazole rings is 1. The maximum atomic E-state index is 12.3. The molecule has 0 fully saturated rings. The second-order valence-electron chi connectivity index (χ2n) is 5.16. The van der Waals surface area contributed by atoms with Crippen LogP contribution in [0.25, 0.3) is 11.4 Å². The Morgan fingerprint density at radius 3 is 2.65 bits per heavy atom. The summed E-state index contributed by atoms with van der Waals surface area (Å²) >= 11 is 0. The normalized spacial score (nSPS) is 10.5. The molecule has 3 aromatic heterocycles. The Kier molecular flexibility index (Phi) is 4.04. The number of carbonyl (C=O) groups excluding carboxylic acids is 1. The van der Waals surface area contributed by atoms with Crippen molar-refractivity contribution in [3.05, 3.63) is 60.4 Å². The minimum atomic E-state index is -0.313. The van der Waals surface area contributed by atoms with Gasteiger partial charge in [0.2, 0.25) is 0 Å². The molecule has 3 N–H and O–H groups in total. The van der Waals surface area contributed by atoms with Crippen LogP contribution < -0.4 is 10.1 Å². The van der Waals surface area contributed by atoms with Crippen LogP contribution in [0, 0.1) is 0 Å². The predicted molar refractivity (Wildman–Crippen MR) is 90.5 cm³/mol. The summed E-state index contributed by atoms with van der Waals surface area (Å²) in [5.74, 6) is 0.204. The number of H-pyrrole nitrogens is 2. The van der Waals surface area contributed by atoms with Crippen LogP contribution in [0.4, 0.5) is 5.69 Å². The Morgan fingerprint density at radius 1 is 1.04 bits per heavy atom. The van der Waals surface area contributed by atoms with Gasteiger partial charge in [0.1, 0.15) is 17.1 Å². The molecule has 10 heteroatoms. The molecule has 0 aliphatic carbocycles. The van der Waals surface area contributed by atoms with E-state index in [1.54, 1.807) is 36.5 Å². The Labute approximate surface area is 146 Å². The van der Waals surface area contributed by atoms with Gasteiger partial charge in [0.15, 0.2) is 0 Å². The molecular formula is C16H12N8O2. The molecule has 4 aromatic rings. The molecule has 0 unspecified atom stereocenters. The van der Waals surface area contributed by atoms with Crippen molar-refractivity contribution >= 4 is 11.6 Å². The monoisotopic (exact) mass is 348 g/mol. The molecule has 0 saturated carbocycles. The predicted octanol–water partition coefficient (Wildman–Crippen LogP) is 2.03. The van der Waals surface area contributed by atoms with E-state index in [0.717, 1.165) is 0 Å². The lowest BCUT2D eigenvalue weighted by Crippen LogP contribution is -2.12. The van der Waals surface area contributed by atoms with Gasteiger partial charge >= 0.3 is 6.01 Å². The van der Waals surface area contributed by atoms with Crippen molar-refractivity contribution in [2.24, 2.45) is 0 Å². The Hall–Kier alpha value is -4.08. The van der Waals surface area contributed by atoms with Crippen LogP contribution in [-0.2, 0) is 0 Å².